The van der Waals surface area contributed by atoms with E-state index in [4.69, 9.17) is 4.74 Å². The minimum atomic E-state index is 0.213. The molecule has 6 heteroatoms. The summed E-state index contributed by atoms with van der Waals surface area (Å²) in [5.41, 5.74) is 0.440. The van der Waals surface area contributed by atoms with Gasteiger partial charge in [0.1, 0.15) is 0 Å². The van der Waals surface area contributed by atoms with E-state index in [-0.39, 0.29) is 6.04 Å². The fraction of sp³-hybridized carbons (Fsp3) is 0.944. The molecule has 1 aromatic heterocycles. The van der Waals surface area contributed by atoms with Crippen LogP contribution in [0, 0.1) is 5.41 Å². The quantitative estimate of drug-likeness (QED) is 0.917. The van der Waals surface area contributed by atoms with Crippen molar-refractivity contribution in [3.63, 3.8) is 0 Å². The Kier molecular flexibility index (Phi) is 4.86. The van der Waals surface area contributed by atoms with Crippen molar-refractivity contribution in [2.75, 3.05) is 13.2 Å². The number of hydrogen-bond acceptors (Lipinski definition) is 5. The fourth-order valence-corrected chi connectivity index (χ4v) is 5.22. The lowest BCUT2D eigenvalue weighted by Crippen LogP contribution is -2.46. The lowest BCUT2D eigenvalue weighted by Gasteiger charge is -2.40. The monoisotopic (exact) mass is 333 g/mol. The molecule has 1 N–H and O–H groups in total. The van der Waals surface area contributed by atoms with Crippen molar-refractivity contribution in [2.45, 2.75) is 89.3 Å². The Morgan fingerprint density at radius 3 is 2.67 bits per heavy atom. The lowest BCUT2D eigenvalue weighted by molar-refractivity contribution is 0.00248. The molecule has 0 radical (unpaired) electrons. The highest BCUT2D eigenvalue weighted by molar-refractivity contribution is 5.01. The Morgan fingerprint density at radius 1 is 1.08 bits per heavy atom. The Bertz CT molecular complexity index is 533. The van der Waals surface area contributed by atoms with Crippen LogP contribution in [0.25, 0.3) is 0 Å². The molecular formula is C18H31N5O. The topological polar surface area (TPSA) is 64.9 Å². The van der Waals surface area contributed by atoms with Crippen molar-refractivity contribution in [1.82, 2.24) is 25.5 Å². The molecule has 1 aliphatic heterocycles. The number of tetrazole rings is 1. The van der Waals surface area contributed by atoms with Gasteiger partial charge in [-0.1, -0.05) is 25.7 Å². The number of hydrogen-bond donors (Lipinski definition) is 1. The summed E-state index contributed by atoms with van der Waals surface area (Å²) in [5.74, 6) is 1.02. The number of ether oxygens (including phenoxy) is 1. The van der Waals surface area contributed by atoms with Crippen LogP contribution < -0.4 is 5.32 Å². The first-order valence-electron chi connectivity index (χ1n) is 9.90. The molecule has 6 nitrogen and oxygen atoms in total. The van der Waals surface area contributed by atoms with E-state index < -0.39 is 0 Å². The van der Waals surface area contributed by atoms with Crippen LogP contribution in [0.5, 0.6) is 0 Å². The second kappa shape index (κ2) is 7.08. The van der Waals surface area contributed by atoms with Crippen LogP contribution in [-0.2, 0) is 4.74 Å². The summed E-state index contributed by atoms with van der Waals surface area (Å²) in [6.45, 7) is 4.08. The molecule has 3 fully saturated rings. The average molecular weight is 333 g/mol. The van der Waals surface area contributed by atoms with Gasteiger partial charge in [0.25, 0.3) is 0 Å². The summed E-state index contributed by atoms with van der Waals surface area (Å²) >= 11 is 0. The number of aromatic nitrogens is 4. The smallest absolute Gasteiger partial charge is 0.168 e. The van der Waals surface area contributed by atoms with E-state index in [9.17, 15) is 0 Å². The molecule has 0 bridgehead atoms. The maximum atomic E-state index is 5.62. The first-order valence-corrected chi connectivity index (χ1v) is 9.90. The van der Waals surface area contributed by atoms with Gasteiger partial charge < -0.3 is 10.1 Å². The molecule has 3 aliphatic rings. The van der Waals surface area contributed by atoms with Gasteiger partial charge in [0.2, 0.25) is 0 Å². The summed E-state index contributed by atoms with van der Waals surface area (Å²) < 4.78 is 7.73. The molecular weight excluding hydrogens is 302 g/mol. The summed E-state index contributed by atoms with van der Waals surface area (Å²) in [5, 5.41) is 16.6. The van der Waals surface area contributed by atoms with Gasteiger partial charge in [-0.3, -0.25) is 0 Å². The van der Waals surface area contributed by atoms with Crippen molar-refractivity contribution < 1.29 is 4.74 Å². The van der Waals surface area contributed by atoms with Crippen LogP contribution in [0.3, 0.4) is 0 Å². The molecule has 1 aromatic rings. The first kappa shape index (κ1) is 16.5. The zero-order valence-electron chi connectivity index (χ0n) is 14.9. The van der Waals surface area contributed by atoms with E-state index in [0.29, 0.717) is 17.5 Å². The molecule has 2 heterocycles. The van der Waals surface area contributed by atoms with E-state index in [1.807, 2.05) is 0 Å². The van der Waals surface area contributed by atoms with Crippen molar-refractivity contribution in [1.29, 1.82) is 0 Å². The molecule has 2 unspecified atom stereocenters. The fourth-order valence-electron chi connectivity index (χ4n) is 5.22. The largest absolute Gasteiger partial charge is 0.381 e. The highest BCUT2D eigenvalue weighted by Gasteiger charge is 2.44. The normalized spacial score (nSPS) is 29.1. The maximum Gasteiger partial charge on any atom is 0.168 e. The Morgan fingerprint density at radius 2 is 1.88 bits per heavy atom. The predicted molar refractivity (Wildman–Crippen MR) is 91.6 cm³/mol. The maximum absolute atomic E-state index is 5.62. The molecule has 2 saturated carbocycles. The van der Waals surface area contributed by atoms with Gasteiger partial charge in [-0.2, -0.15) is 0 Å². The zero-order chi connectivity index (χ0) is 16.4. The van der Waals surface area contributed by atoms with Gasteiger partial charge in [0, 0.05) is 19.3 Å². The predicted octanol–water partition coefficient (Wildman–Crippen LogP) is 3.18. The van der Waals surface area contributed by atoms with Crippen LogP contribution in [0.15, 0.2) is 0 Å². The molecule has 1 spiro atoms. The third kappa shape index (κ3) is 3.10. The van der Waals surface area contributed by atoms with Crippen molar-refractivity contribution in [2.24, 2.45) is 5.41 Å². The summed E-state index contributed by atoms with van der Waals surface area (Å²) in [4.78, 5) is 0. The second-order valence-electron chi connectivity index (χ2n) is 8.08. The summed E-state index contributed by atoms with van der Waals surface area (Å²) in [6.07, 6.45) is 12.7. The van der Waals surface area contributed by atoms with Gasteiger partial charge in [-0.15, -0.1) is 5.10 Å². The Hall–Kier alpha value is -1.01. The van der Waals surface area contributed by atoms with E-state index in [1.54, 1.807) is 0 Å². The van der Waals surface area contributed by atoms with E-state index >= 15 is 0 Å². The molecule has 0 aromatic carbocycles. The zero-order valence-corrected chi connectivity index (χ0v) is 14.9. The molecule has 0 amide bonds. The third-order valence-corrected chi connectivity index (χ3v) is 6.67. The lowest BCUT2D eigenvalue weighted by atomic mass is 9.75. The van der Waals surface area contributed by atoms with Crippen molar-refractivity contribution in [3.8, 4) is 0 Å². The highest BCUT2D eigenvalue weighted by Crippen LogP contribution is 2.46. The Balaban J connectivity index is 1.46. The van der Waals surface area contributed by atoms with Crippen LogP contribution >= 0.6 is 0 Å². The summed E-state index contributed by atoms with van der Waals surface area (Å²) in [7, 11) is 0. The second-order valence-corrected chi connectivity index (χ2v) is 8.08. The van der Waals surface area contributed by atoms with E-state index in [1.165, 1.54) is 64.2 Å². The third-order valence-electron chi connectivity index (χ3n) is 6.67. The molecule has 2 aliphatic carbocycles. The van der Waals surface area contributed by atoms with Crippen LogP contribution in [0.4, 0.5) is 0 Å². The van der Waals surface area contributed by atoms with Gasteiger partial charge in [0.15, 0.2) is 5.82 Å². The molecule has 4 rings (SSSR count). The first-order chi connectivity index (χ1) is 11.8. The van der Waals surface area contributed by atoms with Gasteiger partial charge in [-0.25, -0.2) is 4.68 Å². The standard InChI is InChI=1S/C18H31N5O/c1-14(17-20-21-22-23(17)15-6-3-2-4-7-15)19-16-8-5-9-18(16)10-12-24-13-11-18/h14-16,19H,2-13H2,1H3. The molecule has 134 valence electrons. The minimum Gasteiger partial charge on any atom is -0.381 e. The van der Waals surface area contributed by atoms with Crippen molar-refractivity contribution >= 4 is 0 Å². The van der Waals surface area contributed by atoms with Crippen molar-refractivity contribution in [3.05, 3.63) is 5.82 Å². The number of nitrogens with zero attached hydrogens (tertiary/aromatic N) is 4. The molecule has 2 atom stereocenters. The minimum absolute atomic E-state index is 0.213. The van der Waals surface area contributed by atoms with Crippen LogP contribution in [0.2, 0.25) is 0 Å². The van der Waals surface area contributed by atoms with Crippen LogP contribution in [-0.4, -0.2) is 39.5 Å². The molecule has 1 saturated heterocycles. The van der Waals surface area contributed by atoms with Gasteiger partial charge >= 0.3 is 0 Å². The average Bonchev–Trinajstić information content (AvgIpc) is 3.25. The number of nitrogens with one attached hydrogen (secondary N) is 1. The van der Waals surface area contributed by atoms with Gasteiger partial charge in [-0.05, 0) is 61.3 Å². The summed E-state index contributed by atoms with van der Waals surface area (Å²) in [6, 6.07) is 1.28. The van der Waals surface area contributed by atoms with E-state index in [0.717, 1.165) is 19.0 Å². The van der Waals surface area contributed by atoms with Crippen LogP contribution in [0.1, 0.15) is 89.0 Å². The highest BCUT2D eigenvalue weighted by atomic mass is 16.5. The number of rotatable bonds is 4. The SMILES string of the molecule is CC(NC1CCCC12CCOCC2)c1nnnn1C1CCCCC1. The van der Waals surface area contributed by atoms with E-state index in [2.05, 4.69) is 32.4 Å². The van der Waals surface area contributed by atoms with Gasteiger partial charge in [0.05, 0.1) is 12.1 Å². The molecule has 24 heavy (non-hydrogen) atoms. The Labute approximate surface area is 144 Å².